The number of carboxylic acid groups (broad SMARTS) is 1. The van der Waals surface area contributed by atoms with Crippen LogP contribution in [0.15, 0.2) is 23.5 Å². The molecule has 1 aromatic carbocycles. The van der Waals surface area contributed by atoms with Crippen molar-refractivity contribution in [2.75, 3.05) is 5.75 Å². The minimum absolute atomic E-state index is 0.0180. The highest BCUT2D eigenvalue weighted by molar-refractivity contribution is 7.99. The molecule has 2 rings (SSSR count). The van der Waals surface area contributed by atoms with Crippen molar-refractivity contribution in [3.63, 3.8) is 0 Å². The van der Waals surface area contributed by atoms with Crippen LogP contribution in [-0.2, 0) is 11.2 Å². The molecular weight excluding hydrogens is 284 g/mol. The van der Waals surface area contributed by atoms with E-state index in [0.717, 1.165) is 23.0 Å². The maximum absolute atomic E-state index is 10.8. The lowest BCUT2D eigenvalue weighted by atomic mass is 10.0. The molecule has 0 fully saturated rings. The van der Waals surface area contributed by atoms with Gasteiger partial charge in [-0.1, -0.05) is 36.4 Å². The lowest BCUT2D eigenvalue weighted by molar-refractivity contribution is -0.133. The van der Waals surface area contributed by atoms with Crippen LogP contribution in [0.2, 0.25) is 0 Å². The highest BCUT2D eigenvalue weighted by Crippen LogP contribution is 2.28. The van der Waals surface area contributed by atoms with E-state index in [2.05, 4.69) is 49.4 Å². The first-order chi connectivity index (χ1) is 9.93. The van der Waals surface area contributed by atoms with Crippen molar-refractivity contribution in [2.24, 2.45) is 0 Å². The molecule has 0 spiro atoms. The summed E-state index contributed by atoms with van der Waals surface area (Å²) in [5.74, 6) is -0.811. The van der Waals surface area contributed by atoms with Crippen LogP contribution >= 0.6 is 11.8 Å². The molecule has 1 heterocycles. The number of aromatic nitrogens is 2. The molecule has 21 heavy (non-hydrogen) atoms. The van der Waals surface area contributed by atoms with Gasteiger partial charge in [0.25, 0.3) is 0 Å². The second-order valence-electron chi connectivity index (χ2n) is 5.15. The third kappa shape index (κ3) is 3.29. The number of hydrogen-bond acceptors (Lipinski definition) is 3. The molecule has 0 radical (unpaired) electrons. The van der Waals surface area contributed by atoms with Crippen LogP contribution < -0.4 is 0 Å². The summed E-state index contributed by atoms with van der Waals surface area (Å²) in [6, 6.07) is 4.29. The predicted octanol–water partition coefficient (Wildman–Crippen LogP) is 3.54. The molecule has 0 bridgehead atoms. The largest absolute Gasteiger partial charge is 0.481 e. The van der Waals surface area contributed by atoms with Gasteiger partial charge < -0.3 is 5.11 Å². The Kier molecular flexibility index (Phi) is 4.73. The maximum Gasteiger partial charge on any atom is 0.313 e. The summed E-state index contributed by atoms with van der Waals surface area (Å²) in [4.78, 5) is 15.2. The van der Waals surface area contributed by atoms with Crippen LogP contribution in [-0.4, -0.2) is 26.4 Å². The second-order valence-corrected chi connectivity index (χ2v) is 6.09. The molecule has 112 valence electrons. The van der Waals surface area contributed by atoms with E-state index in [1.54, 1.807) is 0 Å². The summed E-state index contributed by atoms with van der Waals surface area (Å²) in [6.07, 6.45) is 2.69. The van der Waals surface area contributed by atoms with Gasteiger partial charge in [0.05, 0.1) is 11.4 Å². The third-order valence-electron chi connectivity index (χ3n) is 3.35. The van der Waals surface area contributed by atoms with Gasteiger partial charge in [0, 0.05) is 11.9 Å². The summed E-state index contributed by atoms with van der Waals surface area (Å²) < 4.78 is 2.09. The molecule has 0 aliphatic rings. The average Bonchev–Trinajstić information content (AvgIpc) is 2.78. The molecule has 0 amide bonds. The number of thioether (sulfide) groups is 1. The fourth-order valence-electron chi connectivity index (χ4n) is 2.61. The molecule has 1 aromatic heterocycles. The Morgan fingerprint density at radius 1 is 1.29 bits per heavy atom. The van der Waals surface area contributed by atoms with Crippen LogP contribution in [0.4, 0.5) is 0 Å². The Balaban J connectivity index is 2.56. The molecule has 0 saturated carbocycles. The Morgan fingerprint density at radius 2 is 1.90 bits per heavy atom. The van der Waals surface area contributed by atoms with Gasteiger partial charge in [-0.05, 0) is 38.3 Å². The Bertz CT molecular complexity index is 654. The van der Waals surface area contributed by atoms with Gasteiger partial charge in [-0.3, -0.25) is 9.36 Å². The van der Waals surface area contributed by atoms with Gasteiger partial charge in [-0.2, -0.15) is 0 Å². The lowest BCUT2D eigenvalue weighted by Gasteiger charge is -2.17. The highest BCUT2D eigenvalue weighted by Gasteiger charge is 2.16. The number of aryl methyl sites for hydroxylation is 4. The molecule has 0 saturated heterocycles. The highest BCUT2D eigenvalue weighted by atomic mass is 32.2. The number of rotatable bonds is 5. The zero-order valence-electron chi connectivity index (χ0n) is 12.8. The van der Waals surface area contributed by atoms with E-state index in [1.807, 2.05) is 6.20 Å². The van der Waals surface area contributed by atoms with Crippen LogP contribution in [0.1, 0.15) is 29.3 Å². The molecule has 2 aromatic rings. The number of carboxylic acids is 1. The van der Waals surface area contributed by atoms with Crippen molar-refractivity contribution >= 4 is 17.7 Å². The normalized spacial score (nSPS) is 10.9. The molecule has 1 N–H and O–H groups in total. The molecule has 0 unspecified atom stereocenters. The van der Waals surface area contributed by atoms with Gasteiger partial charge in [-0.15, -0.1) is 0 Å². The van der Waals surface area contributed by atoms with Gasteiger partial charge in [0.1, 0.15) is 0 Å². The Labute approximate surface area is 129 Å². The van der Waals surface area contributed by atoms with E-state index in [0.29, 0.717) is 0 Å². The Hall–Kier alpha value is -1.75. The minimum Gasteiger partial charge on any atom is -0.481 e. The molecule has 0 aliphatic heterocycles. The average molecular weight is 304 g/mol. The van der Waals surface area contributed by atoms with Crippen LogP contribution in [0.25, 0.3) is 5.69 Å². The third-order valence-corrected chi connectivity index (χ3v) is 4.29. The van der Waals surface area contributed by atoms with Crippen LogP contribution in [0.3, 0.4) is 0 Å². The van der Waals surface area contributed by atoms with Gasteiger partial charge in [-0.25, -0.2) is 4.98 Å². The predicted molar refractivity (Wildman–Crippen MR) is 85.5 cm³/mol. The molecule has 5 heteroatoms. The zero-order valence-corrected chi connectivity index (χ0v) is 13.6. The van der Waals surface area contributed by atoms with Crippen molar-refractivity contribution in [3.8, 4) is 5.69 Å². The van der Waals surface area contributed by atoms with E-state index in [4.69, 9.17) is 5.11 Å². The summed E-state index contributed by atoms with van der Waals surface area (Å²) in [5, 5.41) is 9.63. The minimum atomic E-state index is -0.829. The summed E-state index contributed by atoms with van der Waals surface area (Å²) in [6.45, 7) is 8.33. The number of imidazole rings is 1. The van der Waals surface area contributed by atoms with E-state index < -0.39 is 5.97 Å². The number of nitrogens with zero attached hydrogens (tertiary/aromatic N) is 2. The summed E-state index contributed by atoms with van der Waals surface area (Å²) >= 11 is 1.26. The van der Waals surface area contributed by atoms with Crippen molar-refractivity contribution in [1.82, 2.24) is 9.55 Å². The smallest absolute Gasteiger partial charge is 0.313 e. The van der Waals surface area contributed by atoms with Gasteiger partial charge in [0.2, 0.25) is 0 Å². The molecular formula is C16H20N2O2S. The molecule has 4 nitrogen and oxygen atoms in total. The first-order valence-electron chi connectivity index (χ1n) is 6.93. The van der Waals surface area contributed by atoms with Crippen molar-refractivity contribution in [3.05, 3.63) is 40.7 Å². The molecule has 0 aliphatic carbocycles. The summed E-state index contributed by atoms with van der Waals surface area (Å²) in [7, 11) is 0. The van der Waals surface area contributed by atoms with Crippen molar-refractivity contribution in [2.45, 2.75) is 39.3 Å². The van der Waals surface area contributed by atoms with Crippen LogP contribution in [0, 0.1) is 20.8 Å². The number of aliphatic carboxylic acids is 1. The fourth-order valence-corrected chi connectivity index (χ4v) is 3.33. The van der Waals surface area contributed by atoms with E-state index in [9.17, 15) is 4.79 Å². The maximum atomic E-state index is 10.8. The SMILES string of the molecule is CCc1cnc(SCC(=O)O)n1-c1c(C)cc(C)cc1C. The standard InChI is InChI=1S/C16H20N2O2S/c1-5-13-8-17-16(21-9-14(19)20)18(13)15-11(3)6-10(2)7-12(15)4/h6-8H,5,9H2,1-4H3,(H,19,20). The zero-order chi connectivity index (χ0) is 15.6. The van der Waals surface area contributed by atoms with Crippen LogP contribution in [0.5, 0.6) is 0 Å². The molecule has 0 atom stereocenters. The monoisotopic (exact) mass is 304 g/mol. The summed E-state index contributed by atoms with van der Waals surface area (Å²) in [5.41, 5.74) is 5.79. The Morgan fingerprint density at radius 3 is 2.43 bits per heavy atom. The topological polar surface area (TPSA) is 55.1 Å². The number of hydrogen-bond donors (Lipinski definition) is 1. The quantitative estimate of drug-likeness (QED) is 0.859. The van der Waals surface area contributed by atoms with Crippen molar-refractivity contribution in [1.29, 1.82) is 0 Å². The number of carbonyl (C=O) groups is 1. The fraction of sp³-hybridized carbons (Fsp3) is 0.375. The first-order valence-corrected chi connectivity index (χ1v) is 7.92. The van der Waals surface area contributed by atoms with Gasteiger partial charge >= 0.3 is 5.97 Å². The van der Waals surface area contributed by atoms with Crippen molar-refractivity contribution < 1.29 is 9.90 Å². The lowest BCUT2D eigenvalue weighted by Crippen LogP contribution is -2.07. The number of benzene rings is 1. The van der Waals surface area contributed by atoms with E-state index in [-0.39, 0.29) is 5.75 Å². The second kappa shape index (κ2) is 6.35. The van der Waals surface area contributed by atoms with Gasteiger partial charge in [0.15, 0.2) is 5.16 Å². The van der Waals surface area contributed by atoms with E-state index >= 15 is 0 Å². The first kappa shape index (κ1) is 15.6. The van der Waals surface area contributed by atoms with E-state index in [1.165, 1.54) is 28.5 Å².